The normalized spacial score (nSPS) is 17.7. The smallest absolute Gasteiger partial charge is 0.262 e. The number of amides is 2. The first-order valence-corrected chi connectivity index (χ1v) is 11.0. The summed E-state index contributed by atoms with van der Waals surface area (Å²) in [6, 6.07) is 16.6. The van der Waals surface area contributed by atoms with Gasteiger partial charge in [0.1, 0.15) is 11.5 Å². The fourth-order valence-corrected chi connectivity index (χ4v) is 4.86. The van der Waals surface area contributed by atoms with Crippen LogP contribution >= 0.6 is 0 Å². The van der Waals surface area contributed by atoms with Crippen molar-refractivity contribution in [1.29, 1.82) is 0 Å². The summed E-state index contributed by atoms with van der Waals surface area (Å²) >= 11 is 0. The molecule has 2 amide bonds. The van der Waals surface area contributed by atoms with Crippen LogP contribution in [0.3, 0.4) is 0 Å². The lowest BCUT2D eigenvalue weighted by molar-refractivity contribution is -0.127. The van der Waals surface area contributed by atoms with Gasteiger partial charge in [0.15, 0.2) is 9.84 Å². The van der Waals surface area contributed by atoms with Crippen LogP contribution in [0.2, 0.25) is 0 Å². The van der Waals surface area contributed by atoms with Crippen molar-refractivity contribution in [1.82, 2.24) is 10.9 Å². The van der Waals surface area contributed by atoms with Crippen LogP contribution in [0.15, 0.2) is 60.7 Å². The fourth-order valence-electron chi connectivity index (χ4n) is 3.00. The van der Waals surface area contributed by atoms with E-state index >= 15 is 0 Å². The van der Waals surface area contributed by atoms with Gasteiger partial charge in [-0.2, -0.15) is 0 Å². The largest absolute Gasteiger partial charge is 0.457 e. The van der Waals surface area contributed by atoms with Gasteiger partial charge in [-0.3, -0.25) is 20.4 Å². The minimum absolute atomic E-state index is 0.0235. The van der Waals surface area contributed by atoms with Gasteiger partial charge in [0, 0.05) is 12.5 Å². The Morgan fingerprint density at radius 1 is 1.03 bits per heavy atom. The van der Waals surface area contributed by atoms with Gasteiger partial charge in [-0.25, -0.2) is 8.42 Å². The Hall–Kier alpha value is -3.13. The maximum absolute atomic E-state index is 11.9. The minimum Gasteiger partial charge on any atom is -0.457 e. The molecular weight excluding hydrogens is 392 g/mol. The fraction of sp³-hybridized carbons (Fsp3) is 0.238. The molecule has 1 fully saturated rings. The number of hydrazine groups is 1. The van der Waals surface area contributed by atoms with Crippen molar-refractivity contribution >= 4 is 27.7 Å². The molecule has 7 nitrogen and oxygen atoms in total. The molecule has 1 aliphatic heterocycles. The van der Waals surface area contributed by atoms with E-state index in [0.717, 1.165) is 5.56 Å². The van der Waals surface area contributed by atoms with Crippen molar-refractivity contribution in [2.45, 2.75) is 12.8 Å². The standard InChI is InChI=1S/C21H22N2O5S/c24-20(22-23-21(25)14-17-11-12-29(26,27)15-17)10-9-16-5-4-8-19(13-16)28-18-6-2-1-3-7-18/h1-10,13,17H,11-12,14-15H2,(H,22,24)(H,23,25)/b10-9+/t17-/m1/s1. The second kappa shape index (κ2) is 9.38. The molecule has 0 spiro atoms. The summed E-state index contributed by atoms with van der Waals surface area (Å²) in [4.78, 5) is 23.7. The van der Waals surface area contributed by atoms with Gasteiger partial charge in [-0.05, 0) is 48.2 Å². The average Bonchev–Trinajstić information content (AvgIpc) is 3.04. The molecule has 1 heterocycles. The third kappa shape index (κ3) is 6.76. The molecule has 3 rings (SSSR count). The lowest BCUT2D eigenvalue weighted by Gasteiger charge is -2.08. The molecule has 1 atom stereocenters. The topological polar surface area (TPSA) is 102 Å². The number of para-hydroxylation sites is 1. The molecule has 0 aromatic heterocycles. The van der Waals surface area contributed by atoms with Crippen molar-refractivity contribution in [3.05, 3.63) is 66.2 Å². The van der Waals surface area contributed by atoms with Crippen LogP contribution in [0.4, 0.5) is 0 Å². The maximum Gasteiger partial charge on any atom is 0.262 e. The van der Waals surface area contributed by atoms with Crippen LogP contribution in [0, 0.1) is 5.92 Å². The van der Waals surface area contributed by atoms with E-state index in [0.29, 0.717) is 17.9 Å². The second-order valence-corrected chi connectivity index (χ2v) is 9.06. The number of carbonyl (C=O) groups is 2. The Morgan fingerprint density at radius 2 is 1.79 bits per heavy atom. The van der Waals surface area contributed by atoms with Gasteiger partial charge >= 0.3 is 0 Å². The Morgan fingerprint density at radius 3 is 2.52 bits per heavy atom. The monoisotopic (exact) mass is 414 g/mol. The molecule has 0 bridgehead atoms. The molecule has 2 aromatic rings. The number of benzene rings is 2. The van der Waals surface area contributed by atoms with Crippen LogP contribution < -0.4 is 15.6 Å². The molecule has 0 saturated carbocycles. The lowest BCUT2D eigenvalue weighted by Crippen LogP contribution is -2.41. The first kappa shape index (κ1) is 20.6. The predicted molar refractivity (Wildman–Crippen MR) is 110 cm³/mol. The summed E-state index contributed by atoms with van der Waals surface area (Å²) in [7, 11) is -3.02. The first-order valence-electron chi connectivity index (χ1n) is 9.20. The molecular formula is C21H22N2O5S. The van der Waals surface area contributed by atoms with Gasteiger partial charge in [0.25, 0.3) is 5.91 Å². The highest BCUT2D eigenvalue weighted by molar-refractivity contribution is 7.91. The van der Waals surface area contributed by atoms with Gasteiger partial charge in [-0.15, -0.1) is 0 Å². The lowest BCUT2D eigenvalue weighted by atomic mass is 10.1. The summed E-state index contributed by atoms with van der Waals surface area (Å²) in [6.45, 7) is 0. The van der Waals surface area contributed by atoms with Gasteiger partial charge < -0.3 is 4.74 Å². The van der Waals surface area contributed by atoms with E-state index < -0.39 is 21.7 Å². The molecule has 0 unspecified atom stereocenters. The summed E-state index contributed by atoms with van der Waals surface area (Å²) in [6.07, 6.45) is 3.44. The Kier molecular flexibility index (Phi) is 6.66. The third-order valence-corrected chi connectivity index (χ3v) is 6.23. The molecule has 1 aliphatic rings. The zero-order valence-electron chi connectivity index (χ0n) is 15.7. The van der Waals surface area contributed by atoms with E-state index in [1.165, 1.54) is 6.08 Å². The SMILES string of the molecule is O=C(/C=C/c1cccc(Oc2ccccc2)c1)NNC(=O)C[C@H]1CCS(=O)(=O)C1. The number of nitrogens with one attached hydrogen (secondary N) is 2. The third-order valence-electron chi connectivity index (χ3n) is 4.39. The quantitative estimate of drug-likeness (QED) is 0.559. The Balaban J connectivity index is 1.46. The average molecular weight is 414 g/mol. The molecule has 1 saturated heterocycles. The molecule has 2 aromatic carbocycles. The summed E-state index contributed by atoms with van der Waals surface area (Å²) in [5.74, 6) is 0.393. The number of hydrogen-bond donors (Lipinski definition) is 2. The number of sulfone groups is 1. The highest BCUT2D eigenvalue weighted by Gasteiger charge is 2.29. The highest BCUT2D eigenvalue weighted by Crippen LogP contribution is 2.22. The van der Waals surface area contributed by atoms with Crippen molar-refractivity contribution in [2.75, 3.05) is 11.5 Å². The first-order chi connectivity index (χ1) is 13.9. The minimum atomic E-state index is -3.02. The molecule has 0 radical (unpaired) electrons. The van der Waals surface area contributed by atoms with Crippen molar-refractivity contribution in [3.8, 4) is 11.5 Å². The molecule has 0 aliphatic carbocycles. The maximum atomic E-state index is 11.9. The molecule has 2 N–H and O–H groups in total. The van der Waals surface area contributed by atoms with Gasteiger partial charge in [0.05, 0.1) is 11.5 Å². The van der Waals surface area contributed by atoms with E-state index in [1.54, 1.807) is 12.1 Å². The second-order valence-electron chi connectivity index (χ2n) is 6.83. The molecule has 152 valence electrons. The van der Waals surface area contributed by atoms with Crippen molar-refractivity contribution in [2.24, 2.45) is 5.92 Å². The number of carbonyl (C=O) groups excluding carboxylic acids is 2. The number of rotatable bonds is 6. The van der Waals surface area contributed by atoms with Crippen LogP contribution in [-0.4, -0.2) is 31.7 Å². The van der Waals surface area contributed by atoms with Crippen LogP contribution in [0.5, 0.6) is 11.5 Å². The Bertz CT molecular complexity index is 1000. The predicted octanol–water partition coefficient (Wildman–Crippen LogP) is 2.46. The summed E-state index contributed by atoms with van der Waals surface area (Å²) < 4.78 is 28.6. The van der Waals surface area contributed by atoms with Crippen LogP contribution in [0.1, 0.15) is 18.4 Å². The van der Waals surface area contributed by atoms with Gasteiger partial charge in [-0.1, -0.05) is 30.3 Å². The van der Waals surface area contributed by atoms with Crippen molar-refractivity contribution in [3.63, 3.8) is 0 Å². The number of hydrogen-bond acceptors (Lipinski definition) is 5. The van der Waals surface area contributed by atoms with Crippen LogP contribution in [-0.2, 0) is 19.4 Å². The molecule has 8 heteroatoms. The van der Waals surface area contributed by atoms with Crippen molar-refractivity contribution < 1.29 is 22.7 Å². The van der Waals surface area contributed by atoms with E-state index in [1.807, 2.05) is 48.5 Å². The molecule has 29 heavy (non-hydrogen) atoms. The van der Waals surface area contributed by atoms with E-state index in [-0.39, 0.29) is 23.8 Å². The van der Waals surface area contributed by atoms with E-state index in [2.05, 4.69) is 10.9 Å². The highest BCUT2D eigenvalue weighted by atomic mass is 32.2. The zero-order chi connectivity index (χ0) is 20.7. The summed E-state index contributed by atoms with van der Waals surface area (Å²) in [5.41, 5.74) is 5.36. The van der Waals surface area contributed by atoms with Crippen LogP contribution in [0.25, 0.3) is 6.08 Å². The number of ether oxygens (including phenoxy) is 1. The summed E-state index contributed by atoms with van der Waals surface area (Å²) in [5, 5.41) is 0. The zero-order valence-corrected chi connectivity index (χ0v) is 16.5. The Labute approximate surface area is 169 Å². The van der Waals surface area contributed by atoms with E-state index in [9.17, 15) is 18.0 Å². The van der Waals surface area contributed by atoms with Gasteiger partial charge in [0.2, 0.25) is 5.91 Å². The van der Waals surface area contributed by atoms with E-state index in [4.69, 9.17) is 4.74 Å².